The molecule has 0 radical (unpaired) electrons. The lowest BCUT2D eigenvalue weighted by molar-refractivity contribution is -0.126. The number of H-pyrrole nitrogens is 1. The predicted octanol–water partition coefficient (Wildman–Crippen LogP) is 1.19. The van der Waals surface area contributed by atoms with Crippen molar-refractivity contribution in [3.63, 3.8) is 0 Å². The van der Waals surface area contributed by atoms with Crippen LogP contribution < -0.4 is 5.32 Å². The minimum absolute atomic E-state index is 0.0248. The van der Waals surface area contributed by atoms with Crippen LogP contribution in [0.1, 0.15) is 55.5 Å². The van der Waals surface area contributed by atoms with Crippen LogP contribution in [0.25, 0.3) is 0 Å². The summed E-state index contributed by atoms with van der Waals surface area (Å²) in [6.45, 7) is 2.14. The van der Waals surface area contributed by atoms with Gasteiger partial charge in [-0.2, -0.15) is 5.10 Å². The number of hydrogen-bond acceptors (Lipinski definition) is 5. The minimum atomic E-state index is -2.85. The first-order valence-electron chi connectivity index (χ1n) is 10.3. The average molecular weight is 395 g/mol. The third kappa shape index (κ3) is 4.37. The van der Waals surface area contributed by atoms with Crippen molar-refractivity contribution in [3.8, 4) is 0 Å². The number of piperidine rings is 1. The van der Waals surface area contributed by atoms with Gasteiger partial charge in [-0.05, 0) is 63.6 Å². The van der Waals surface area contributed by atoms with Gasteiger partial charge in [0.25, 0.3) is 0 Å². The maximum absolute atomic E-state index is 12.6. The van der Waals surface area contributed by atoms with Gasteiger partial charge in [-0.1, -0.05) is 6.42 Å². The molecule has 1 aromatic rings. The lowest BCUT2D eigenvalue weighted by atomic mass is 9.94. The van der Waals surface area contributed by atoms with E-state index in [0.717, 1.165) is 50.9 Å². The maximum atomic E-state index is 12.6. The van der Waals surface area contributed by atoms with E-state index in [1.165, 1.54) is 30.5 Å². The zero-order valence-corrected chi connectivity index (χ0v) is 16.7. The van der Waals surface area contributed by atoms with E-state index >= 15 is 0 Å². The number of carbonyl (C=O) groups excluding carboxylic acids is 1. The summed E-state index contributed by atoms with van der Waals surface area (Å²) in [5.41, 5.74) is 3.55. The topological polar surface area (TPSA) is 95.2 Å². The van der Waals surface area contributed by atoms with Crippen LogP contribution in [0.5, 0.6) is 0 Å². The van der Waals surface area contributed by atoms with Crippen molar-refractivity contribution >= 4 is 15.7 Å². The highest BCUT2D eigenvalue weighted by molar-refractivity contribution is 7.91. The van der Waals surface area contributed by atoms with E-state index in [4.69, 9.17) is 0 Å². The largest absolute Gasteiger partial charge is 0.350 e. The molecule has 2 aliphatic heterocycles. The third-order valence-electron chi connectivity index (χ3n) is 6.45. The highest BCUT2D eigenvalue weighted by Crippen LogP contribution is 2.25. The molecule has 2 N–H and O–H groups in total. The van der Waals surface area contributed by atoms with E-state index in [1.54, 1.807) is 0 Å². The monoisotopic (exact) mass is 394 g/mol. The lowest BCUT2D eigenvalue weighted by Gasteiger charge is -2.34. The fourth-order valence-electron chi connectivity index (χ4n) is 4.78. The van der Waals surface area contributed by atoms with E-state index in [1.807, 2.05) is 0 Å². The second-order valence-electron chi connectivity index (χ2n) is 8.27. The molecule has 150 valence electrons. The Labute approximate surface area is 161 Å². The Balaban J connectivity index is 1.26. The van der Waals surface area contributed by atoms with Crippen LogP contribution >= 0.6 is 0 Å². The van der Waals surface area contributed by atoms with Gasteiger partial charge in [-0.3, -0.25) is 14.8 Å². The number of nitrogens with zero attached hydrogens (tertiary/aromatic N) is 2. The summed E-state index contributed by atoms with van der Waals surface area (Å²) >= 11 is 0. The molecule has 1 amide bonds. The van der Waals surface area contributed by atoms with Gasteiger partial charge in [0.05, 0.1) is 23.7 Å². The van der Waals surface area contributed by atoms with Gasteiger partial charge in [-0.15, -0.1) is 0 Å². The first-order chi connectivity index (χ1) is 13.0. The van der Waals surface area contributed by atoms with E-state index in [-0.39, 0.29) is 23.6 Å². The molecular formula is C19H30N4O3S. The standard InChI is InChI=1S/C19H30N4O3S/c24-19(20-12-18-16-4-2-1-3-5-17(16)21-22-18)14-6-9-23(10-7-14)15-8-11-27(25,26)13-15/h14-15H,1-13H2,(H,20,24)(H,21,22)/t15-/m1/s1. The van der Waals surface area contributed by atoms with Crippen molar-refractivity contribution in [1.29, 1.82) is 0 Å². The normalized spacial score (nSPS) is 26.4. The van der Waals surface area contributed by atoms with Gasteiger partial charge in [0.1, 0.15) is 0 Å². The smallest absolute Gasteiger partial charge is 0.223 e. The first-order valence-corrected chi connectivity index (χ1v) is 12.1. The van der Waals surface area contributed by atoms with Crippen LogP contribution in [0.15, 0.2) is 0 Å². The number of carbonyl (C=O) groups is 1. The molecule has 0 spiro atoms. The van der Waals surface area contributed by atoms with Gasteiger partial charge in [0.15, 0.2) is 9.84 Å². The lowest BCUT2D eigenvalue weighted by Crippen LogP contribution is -2.45. The summed E-state index contributed by atoms with van der Waals surface area (Å²) in [6.07, 6.45) is 8.14. The van der Waals surface area contributed by atoms with Crippen molar-refractivity contribution in [2.45, 2.75) is 64.0 Å². The Kier molecular flexibility index (Phi) is 5.55. The molecule has 1 aromatic heterocycles. The number of aromatic nitrogens is 2. The number of nitrogens with one attached hydrogen (secondary N) is 2. The van der Waals surface area contributed by atoms with Crippen molar-refractivity contribution in [2.75, 3.05) is 24.6 Å². The van der Waals surface area contributed by atoms with Gasteiger partial charge in [-0.25, -0.2) is 8.42 Å². The maximum Gasteiger partial charge on any atom is 0.223 e. The van der Waals surface area contributed by atoms with Crippen molar-refractivity contribution in [1.82, 2.24) is 20.4 Å². The van der Waals surface area contributed by atoms with Crippen LogP contribution in [0.4, 0.5) is 0 Å². The van der Waals surface area contributed by atoms with E-state index in [0.29, 0.717) is 12.3 Å². The summed E-state index contributed by atoms with van der Waals surface area (Å²) in [5.74, 6) is 0.732. The Bertz CT molecular complexity index is 781. The molecule has 2 saturated heterocycles. The van der Waals surface area contributed by atoms with Crippen LogP contribution in [0, 0.1) is 5.92 Å². The first kappa shape index (κ1) is 18.9. The fourth-order valence-corrected chi connectivity index (χ4v) is 6.54. The van der Waals surface area contributed by atoms with Gasteiger partial charge in [0, 0.05) is 17.7 Å². The quantitative estimate of drug-likeness (QED) is 0.748. The van der Waals surface area contributed by atoms with Crippen molar-refractivity contribution in [3.05, 3.63) is 17.0 Å². The second kappa shape index (κ2) is 7.91. The SMILES string of the molecule is O=C(NCc1n[nH]c2c1CCCCC2)C1CCN([C@@H]2CCS(=O)(=O)C2)CC1. The van der Waals surface area contributed by atoms with Crippen molar-refractivity contribution in [2.24, 2.45) is 5.92 Å². The molecule has 2 fully saturated rings. The van der Waals surface area contributed by atoms with Crippen LogP contribution in [0.2, 0.25) is 0 Å². The number of aryl methyl sites for hydroxylation is 1. The Hall–Kier alpha value is -1.41. The molecule has 7 nitrogen and oxygen atoms in total. The minimum Gasteiger partial charge on any atom is -0.350 e. The second-order valence-corrected chi connectivity index (χ2v) is 10.5. The number of fused-ring (bicyclic) bond motifs is 1. The van der Waals surface area contributed by atoms with E-state index in [9.17, 15) is 13.2 Å². The molecular weight excluding hydrogens is 364 g/mol. The summed E-state index contributed by atoms with van der Waals surface area (Å²) in [5, 5.41) is 10.7. The average Bonchev–Trinajstić information content (AvgIpc) is 3.13. The number of rotatable bonds is 4. The highest BCUT2D eigenvalue weighted by Gasteiger charge is 2.35. The third-order valence-corrected chi connectivity index (χ3v) is 8.20. The van der Waals surface area contributed by atoms with Gasteiger partial charge >= 0.3 is 0 Å². The molecule has 0 bridgehead atoms. The molecule has 3 aliphatic rings. The summed E-state index contributed by atoms with van der Waals surface area (Å²) < 4.78 is 23.4. The number of hydrogen-bond donors (Lipinski definition) is 2. The van der Waals surface area contributed by atoms with E-state index < -0.39 is 9.84 Å². The molecule has 1 atom stereocenters. The molecule has 1 aliphatic carbocycles. The number of likely N-dealkylation sites (tertiary alicyclic amines) is 1. The Morgan fingerprint density at radius 1 is 1.15 bits per heavy atom. The summed E-state index contributed by atoms with van der Waals surface area (Å²) in [4.78, 5) is 14.9. The van der Waals surface area contributed by atoms with Crippen LogP contribution in [-0.2, 0) is 34.0 Å². The zero-order valence-electron chi connectivity index (χ0n) is 15.9. The summed E-state index contributed by atoms with van der Waals surface area (Å²) in [7, 11) is -2.85. The Morgan fingerprint density at radius 2 is 1.93 bits per heavy atom. The van der Waals surface area contributed by atoms with Crippen molar-refractivity contribution < 1.29 is 13.2 Å². The van der Waals surface area contributed by atoms with Crippen LogP contribution in [-0.4, -0.2) is 60.1 Å². The van der Waals surface area contributed by atoms with Gasteiger partial charge < -0.3 is 5.32 Å². The molecule has 27 heavy (non-hydrogen) atoms. The molecule has 0 saturated carbocycles. The fraction of sp³-hybridized carbons (Fsp3) is 0.789. The number of amides is 1. The predicted molar refractivity (Wildman–Crippen MR) is 103 cm³/mol. The molecule has 3 heterocycles. The summed E-state index contributed by atoms with van der Waals surface area (Å²) in [6, 6.07) is 0.151. The molecule has 8 heteroatoms. The van der Waals surface area contributed by atoms with Gasteiger partial charge in [0.2, 0.25) is 5.91 Å². The van der Waals surface area contributed by atoms with E-state index in [2.05, 4.69) is 20.4 Å². The molecule has 0 aromatic carbocycles. The number of aromatic amines is 1. The Morgan fingerprint density at radius 3 is 2.67 bits per heavy atom. The highest BCUT2D eigenvalue weighted by atomic mass is 32.2. The molecule has 4 rings (SSSR count). The van der Waals surface area contributed by atoms with Crippen LogP contribution in [0.3, 0.4) is 0 Å². The molecule has 0 unspecified atom stereocenters. The zero-order chi connectivity index (χ0) is 18.9. The number of sulfone groups is 1.